The van der Waals surface area contributed by atoms with E-state index in [4.69, 9.17) is 9.47 Å². The molecule has 1 amide bonds. The molecular weight excluding hydrogens is 421 g/mol. The van der Waals surface area contributed by atoms with Crippen LogP contribution >= 0.6 is 0 Å². The molecular formula is C26H32FN3O3. The molecule has 1 aliphatic heterocycles. The molecule has 2 aromatic rings. The lowest BCUT2D eigenvalue weighted by Crippen LogP contribution is -2.51. The van der Waals surface area contributed by atoms with Crippen molar-refractivity contribution in [1.29, 1.82) is 5.26 Å². The van der Waals surface area contributed by atoms with Gasteiger partial charge in [0.25, 0.3) is 5.91 Å². The van der Waals surface area contributed by atoms with E-state index in [-0.39, 0.29) is 23.6 Å². The number of amides is 1. The van der Waals surface area contributed by atoms with Gasteiger partial charge in [0.15, 0.2) is 0 Å². The van der Waals surface area contributed by atoms with Crippen LogP contribution in [0.5, 0.6) is 5.75 Å². The standard InChI is InChI=1S/C26H32FN3O3/c1-18(2)30(21-6-4-11-29-17-21)26(31)20-8-9-22(25(15-20)33-13-5-12-32-3)23-14-19(16-28)7-10-24(23)27/h7-10,14-15,18,21,29H,4-6,11-13,17H2,1-3H3/t21-/m1/s1. The van der Waals surface area contributed by atoms with Crippen LogP contribution in [0.4, 0.5) is 4.39 Å². The molecule has 1 N–H and O–H groups in total. The van der Waals surface area contributed by atoms with Gasteiger partial charge in [-0.25, -0.2) is 4.39 Å². The van der Waals surface area contributed by atoms with Crippen molar-refractivity contribution >= 4 is 5.91 Å². The third kappa shape index (κ3) is 6.10. The first kappa shape index (κ1) is 24.7. The number of methoxy groups -OCH3 is 1. The van der Waals surface area contributed by atoms with E-state index in [1.165, 1.54) is 18.2 Å². The molecule has 1 atom stereocenters. The largest absolute Gasteiger partial charge is 0.493 e. The van der Waals surface area contributed by atoms with Crippen molar-refractivity contribution < 1.29 is 18.7 Å². The van der Waals surface area contributed by atoms with Gasteiger partial charge in [0.1, 0.15) is 11.6 Å². The Kier molecular flexibility index (Phi) is 8.81. The Morgan fingerprint density at radius 2 is 2.06 bits per heavy atom. The molecule has 2 aromatic carbocycles. The summed E-state index contributed by atoms with van der Waals surface area (Å²) < 4.78 is 25.8. The Labute approximate surface area is 195 Å². The lowest BCUT2D eigenvalue weighted by atomic mass is 9.98. The number of piperidine rings is 1. The quantitative estimate of drug-likeness (QED) is 0.571. The molecule has 0 bridgehead atoms. The van der Waals surface area contributed by atoms with Crippen LogP contribution < -0.4 is 10.1 Å². The summed E-state index contributed by atoms with van der Waals surface area (Å²) in [6, 6.07) is 11.5. The fourth-order valence-electron chi connectivity index (χ4n) is 4.23. The van der Waals surface area contributed by atoms with Crippen LogP contribution in [0.1, 0.15) is 49.0 Å². The molecule has 1 fully saturated rings. The first-order valence-electron chi connectivity index (χ1n) is 11.5. The summed E-state index contributed by atoms with van der Waals surface area (Å²) in [6.45, 7) is 6.67. The normalized spacial score (nSPS) is 15.8. The lowest BCUT2D eigenvalue weighted by molar-refractivity contribution is 0.0573. The van der Waals surface area contributed by atoms with Gasteiger partial charge < -0.3 is 19.7 Å². The number of carbonyl (C=O) groups is 1. The predicted octanol–water partition coefficient (Wildman–Crippen LogP) is 4.38. The van der Waals surface area contributed by atoms with E-state index in [1.54, 1.807) is 25.3 Å². The average Bonchev–Trinajstić information content (AvgIpc) is 2.83. The molecule has 6 nitrogen and oxygen atoms in total. The molecule has 1 heterocycles. The molecule has 0 spiro atoms. The average molecular weight is 454 g/mol. The maximum Gasteiger partial charge on any atom is 0.254 e. The number of carbonyl (C=O) groups excluding carboxylic acids is 1. The zero-order valence-corrected chi connectivity index (χ0v) is 19.6. The molecule has 0 radical (unpaired) electrons. The number of nitrogens with zero attached hydrogens (tertiary/aromatic N) is 2. The van der Waals surface area contributed by atoms with Gasteiger partial charge in [-0.15, -0.1) is 0 Å². The molecule has 1 aliphatic rings. The van der Waals surface area contributed by atoms with Gasteiger partial charge in [0.2, 0.25) is 0 Å². The molecule has 1 saturated heterocycles. The second kappa shape index (κ2) is 11.8. The van der Waals surface area contributed by atoms with Crippen molar-refractivity contribution in [3.8, 4) is 22.9 Å². The third-order valence-electron chi connectivity index (χ3n) is 5.82. The van der Waals surface area contributed by atoms with Crippen LogP contribution in [-0.2, 0) is 4.74 Å². The highest BCUT2D eigenvalue weighted by Crippen LogP contribution is 2.34. The Morgan fingerprint density at radius 3 is 2.73 bits per heavy atom. The van der Waals surface area contributed by atoms with E-state index in [1.807, 2.05) is 24.8 Å². The third-order valence-corrected chi connectivity index (χ3v) is 5.82. The van der Waals surface area contributed by atoms with Crippen LogP contribution in [0.15, 0.2) is 36.4 Å². The van der Waals surface area contributed by atoms with E-state index in [9.17, 15) is 14.4 Å². The van der Waals surface area contributed by atoms with Gasteiger partial charge in [0, 0.05) is 55.5 Å². The van der Waals surface area contributed by atoms with Crippen molar-refractivity contribution in [1.82, 2.24) is 10.2 Å². The monoisotopic (exact) mass is 453 g/mol. The number of hydrogen-bond acceptors (Lipinski definition) is 5. The fraction of sp³-hybridized carbons (Fsp3) is 0.462. The minimum atomic E-state index is -0.452. The van der Waals surface area contributed by atoms with E-state index in [2.05, 4.69) is 5.32 Å². The maximum atomic E-state index is 14.7. The Hall–Kier alpha value is -2.95. The Bertz CT molecular complexity index is 997. The summed E-state index contributed by atoms with van der Waals surface area (Å²) >= 11 is 0. The molecule has 176 valence electrons. The van der Waals surface area contributed by atoms with Gasteiger partial charge in [-0.05, 0) is 69.6 Å². The van der Waals surface area contributed by atoms with Crippen LogP contribution in [-0.4, -0.2) is 56.3 Å². The summed E-state index contributed by atoms with van der Waals surface area (Å²) in [6.07, 6.45) is 2.64. The van der Waals surface area contributed by atoms with Gasteiger partial charge in [-0.3, -0.25) is 4.79 Å². The first-order valence-corrected chi connectivity index (χ1v) is 11.5. The van der Waals surface area contributed by atoms with Crippen molar-refractivity contribution in [2.24, 2.45) is 0 Å². The fourth-order valence-corrected chi connectivity index (χ4v) is 4.23. The highest BCUT2D eigenvalue weighted by Gasteiger charge is 2.29. The second-order valence-corrected chi connectivity index (χ2v) is 8.52. The summed E-state index contributed by atoms with van der Waals surface area (Å²) in [4.78, 5) is 15.5. The van der Waals surface area contributed by atoms with E-state index in [0.717, 1.165) is 25.9 Å². The van der Waals surface area contributed by atoms with E-state index in [0.29, 0.717) is 42.1 Å². The minimum Gasteiger partial charge on any atom is -0.493 e. The molecule has 7 heteroatoms. The summed E-state index contributed by atoms with van der Waals surface area (Å²) in [7, 11) is 1.62. The van der Waals surface area contributed by atoms with Gasteiger partial charge >= 0.3 is 0 Å². The van der Waals surface area contributed by atoms with Crippen molar-refractivity contribution in [3.05, 3.63) is 53.3 Å². The van der Waals surface area contributed by atoms with Crippen molar-refractivity contribution in [2.75, 3.05) is 33.4 Å². The molecule has 0 aliphatic carbocycles. The second-order valence-electron chi connectivity index (χ2n) is 8.52. The van der Waals surface area contributed by atoms with Gasteiger partial charge in [0.05, 0.1) is 18.2 Å². The zero-order valence-electron chi connectivity index (χ0n) is 19.6. The highest BCUT2D eigenvalue weighted by atomic mass is 19.1. The van der Waals surface area contributed by atoms with Crippen molar-refractivity contribution in [3.63, 3.8) is 0 Å². The molecule has 33 heavy (non-hydrogen) atoms. The van der Waals surface area contributed by atoms with Gasteiger partial charge in [-0.1, -0.05) is 0 Å². The molecule has 3 rings (SSSR count). The van der Waals surface area contributed by atoms with Crippen LogP contribution in [0.3, 0.4) is 0 Å². The molecule has 0 saturated carbocycles. The minimum absolute atomic E-state index is 0.0397. The number of hydrogen-bond donors (Lipinski definition) is 1. The smallest absolute Gasteiger partial charge is 0.254 e. The highest BCUT2D eigenvalue weighted by molar-refractivity contribution is 5.96. The SMILES string of the molecule is COCCCOc1cc(C(=O)N(C(C)C)[C@@H]2CCCNC2)ccc1-c1cc(C#N)ccc1F. The van der Waals surface area contributed by atoms with Crippen LogP contribution in [0.2, 0.25) is 0 Å². The number of nitrogens with one attached hydrogen (secondary N) is 1. The molecule has 0 unspecified atom stereocenters. The summed E-state index contributed by atoms with van der Waals surface area (Å²) in [5, 5.41) is 12.6. The number of ether oxygens (including phenoxy) is 2. The Balaban J connectivity index is 1.98. The van der Waals surface area contributed by atoms with Crippen LogP contribution in [0.25, 0.3) is 11.1 Å². The van der Waals surface area contributed by atoms with E-state index < -0.39 is 5.82 Å². The van der Waals surface area contributed by atoms with Crippen molar-refractivity contribution in [2.45, 2.75) is 45.2 Å². The maximum absolute atomic E-state index is 14.7. The summed E-state index contributed by atoms with van der Waals surface area (Å²) in [5.41, 5.74) is 1.63. The first-order chi connectivity index (χ1) is 16.0. The topological polar surface area (TPSA) is 74.6 Å². The Morgan fingerprint density at radius 1 is 1.24 bits per heavy atom. The van der Waals surface area contributed by atoms with Gasteiger partial charge in [-0.2, -0.15) is 5.26 Å². The van der Waals surface area contributed by atoms with Crippen LogP contribution in [0, 0.1) is 17.1 Å². The number of benzene rings is 2. The zero-order chi connectivity index (χ0) is 23.8. The number of halogens is 1. The molecule has 0 aromatic heterocycles. The number of rotatable bonds is 9. The lowest BCUT2D eigenvalue weighted by Gasteiger charge is -2.37. The van der Waals surface area contributed by atoms with E-state index >= 15 is 0 Å². The summed E-state index contributed by atoms with van der Waals surface area (Å²) in [5.74, 6) is -0.110. The number of nitriles is 1. The predicted molar refractivity (Wildman–Crippen MR) is 126 cm³/mol.